The number of aliphatic hydroxyl groups is 1. The zero-order valence-electron chi connectivity index (χ0n) is 45.2. The fourth-order valence-electron chi connectivity index (χ4n) is 11.0. The third kappa shape index (κ3) is 12.1. The van der Waals surface area contributed by atoms with E-state index in [0.717, 1.165) is 39.4 Å². The zero-order valence-corrected chi connectivity index (χ0v) is 46.8. The van der Waals surface area contributed by atoms with Crippen molar-refractivity contribution in [1.29, 1.82) is 0 Å². The molecule has 5 aromatic heterocycles. The van der Waals surface area contributed by atoms with Crippen molar-refractivity contribution in [2.45, 2.75) is 109 Å². The monoisotopic (exact) mass is 1130 g/mol. The first kappa shape index (κ1) is 56.1. The molecule has 19 nitrogen and oxygen atoms in total. The molecule has 3 amide bonds. The third-order valence-electron chi connectivity index (χ3n) is 15.4. The molecule has 23 heteroatoms. The molecule has 3 aliphatic heterocycles. The second-order valence-electron chi connectivity index (χ2n) is 22.3. The van der Waals surface area contributed by atoms with E-state index in [9.17, 15) is 19.5 Å². The van der Waals surface area contributed by atoms with Crippen LogP contribution in [0.25, 0.3) is 32.9 Å². The number of imidazole rings is 1. The Kier molecular flexibility index (Phi) is 16.2. The Labute approximate surface area is 471 Å². The first-order valence-electron chi connectivity index (χ1n) is 26.8. The second kappa shape index (κ2) is 23.1. The van der Waals surface area contributed by atoms with Gasteiger partial charge in [-0.15, -0.1) is 11.3 Å². The number of nitrogens with zero attached hydrogens (tertiary/aromatic N) is 10. The van der Waals surface area contributed by atoms with E-state index < -0.39 is 70.4 Å². The number of halogens is 3. The highest BCUT2D eigenvalue weighted by Gasteiger charge is 2.45. The summed E-state index contributed by atoms with van der Waals surface area (Å²) in [5.41, 5.74) is 19.9. The van der Waals surface area contributed by atoms with Crippen LogP contribution in [0.1, 0.15) is 88.4 Å². The standard InChI is InChI=1S/C57H65ClF2N14O5S/c1-32(34-10-12-35(13-11-34)50-33(2)67-31-80-50)68-54(77)43-23-38(75)26-74(43)55(78)51(56(3,4)5)70-47(76)27-71-18-14-39(15-19-71)79-49-40(59)20-36(21-41(49)60)42-22-37(25-73-30-66-48-52(61)64-29-65-53(48)73)44(24-63-42)72-17-7-16-57(62,28-72)45-8-6-9-46(58)69-45/h6,8-13,20-22,24,29-32,38-39,43,51,75H,7,14-19,23,25-28,62H2,1-5H3,(H,68,77)(H,70,76)(H2,61,64,65)/t32-,38+,43-,51+,57+/m0/s1. The number of anilines is 2. The lowest BCUT2D eigenvalue weighted by molar-refractivity contribution is -0.144. The maximum Gasteiger partial charge on any atom is 0.246 e. The summed E-state index contributed by atoms with van der Waals surface area (Å²) in [6, 6.07) is 15.1. The first-order chi connectivity index (χ1) is 38.2. The molecule has 420 valence electrons. The minimum Gasteiger partial charge on any atom is -0.484 e. The van der Waals surface area contributed by atoms with Crippen LogP contribution < -0.4 is 31.7 Å². The van der Waals surface area contributed by atoms with Crippen molar-refractivity contribution in [3.63, 3.8) is 0 Å². The zero-order chi connectivity index (χ0) is 56.6. The van der Waals surface area contributed by atoms with E-state index in [2.05, 4.69) is 40.5 Å². The molecule has 0 bridgehead atoms. The molecule has 0 aliphatic carbocycles. The van der Waals surface area contributed by atoms with Gasteiger partial charge in [-0.2, -0.15) is 0 Å². The van der Waals surface area contributed by atoms with Gasteiger partial charge in [-0.1, -0.05) is 62.7 Å². The summed E-state index contributed by atoms with van der Waals surface area (Å²) < 4.78 is 40.1. The Morgan fingerprint density at radius 1 is 0.975 bits per heavy atom. The Morgan fingerprint density at radius 2 is 1.73 bits per heavy atom. The van der Waals surface area contributed by atoms with E-state index in [1.54, 1.807) is 41.5 Å². The van der Waals surface area contributed by atoms with E-state index in [-0.39, 0.29) is 43.5 Å². The molecule has 5 atom stereocenters. The van der Waals surface area contributed by atoms with Gasteiger partial charge in [0.25, 0.3) is 0 Å². The number of pyridine rings is 2. The van der Waals surface area contributed by atoms with Crippen molar-refractivity contribution < 1.29 is 33.0 Å². The molecule has 0 unspecified atom stereocenters. The third-order valence-corrected chi connectivity index (χ3v) is 16.6. The minimum atomic E-state index is -1.02. The summed E-state index contributed by atoms with van der Waals surface area (Å²) in [4.78, 5) is 74.9. The molecule has 8 heterocycles. The number of likely N-dealkylation sites (tertiary alicyclic amines) is 2. The SMILES string of the molecule is Cc1ncsc1-c1ccc([C@H](C)NC(=O)[C@@H]2C[C@@H](O)CN2C(=O)[C@@H](NC(=O)CN2CCC(Oc3c(F)cc(-c4cc(Cn5cnc6c(N)ncnc65)c(N5CCC[C@](N)(c6cccc(Cl)n6)C5)cn4)cc3F)CC2)C(C)(C)C)cc1. The molecule has 80 heavy (non-hydrogen) atoms. The van der Waals surface area contributed by atoms with Crippen LogP contribution in [0.5, 0.6) is 5.75 Å². The number of aromatic nitrogens is 7. The van der Waals surface area contributed by atoms with Crippen molar-refractivity contribution in [2.24, 2.45) is 11.1 Å². The quantitative estimate of drug-likeness (QED) is 0.0652. The molecule has 7 aromatic rings. The lowest BCUT2D eigenvalue weighted by Gasteiger charge is -2.41. The number of amides is 3. The summed E-state index contributed by atoms with van der Waals surface area (Å²) in [5.74, 6) is -3.35. The smallest absolute Gasteiger partial charge is 0.246 e. The van der Waals surface area contributed by atoms with E-state index >= 15 is 8.78 Å². The molecule has 0 radical (unpaired) electrons. The average Bonchev–Trinajstić information content (AvgIpc) is 4.21. The number of hydrogen-bond donors (Lipinski definition) is 5. The summed E-state index contributed by atoms with van der Waals surface area (Å²) in [7, 11) is 0. The van der Waals surface area contributed by atoms with Crippen molar-refractivity contribution >= 4 is 63.3 Å². The molecule has 3 saturated heterocycles. The summed E-state index contributed by atoms with van der Waals surface area (Å²) >= 11 is 7.85. The van der Waals surface area contributed by atoms with Gasteiger partial charge in [-0.05, 0) is 92.0 Å². The topological polar surface area (TPSA) is 249 Å². The number of fused-ring (bicyclic) bond motifs is 1. The number of carbonyl (C=O) groups is 3. The normalized spacial score (nSPS) is 20.0. The molecule has 10 rings (SSSR count). The van der Waals surface area contributed by atoms with Crippen LogP contribution in [0, 0.1) is 24.0 Å². The van der Waals surface area contributed by atoms with Crippen molar-refractivity contribution in [3.8, 4) is 27.4 Å². The number of piperidine rings is 2. The summed E-state index contributed by atoms with van der Waals surface area (Å²) in [6.45, 7) is 11.3. The molecule has 7 N–H and O–H groups in total. The Bertz CT molecular complexity index is 3400. The van der Waals surface area contributed by atoms with Crippen LogP contribution in [-0.4, -0.2) is 131 Å². The van der Waals surface area contributed by atoms with Gasteiger partial charge in [0.2, 0.25) is 17.7 Å². The predicted octanol–water partition coefficient (Wildman–Crippen LogP) is 6.95. The van der Waals surface area contributed by atoms with Crippen LogP contribution in [0.15, 0.2) is 85.0 Å². The number of hydrogen-bond acceptors (Lipinski definition) is 16. The minimum absolute atomic E-state index is 0.0496. The number of thiazole rings is 1. The van der Waals surface area contributed by atoms with Gasteiger partial charge >= 0.3 is 0 Å². The summed E-state index contributed by atoms with van der Waals surface area (Å²) in [5, 5.41) is 17.1. The number of ether oxygens (including phenoxy) is 1. The Hall–Kier alpha value is -7.24. The van der Waals surface area contributed by atoms with Gasteiger partial charge in [0.15, 0.2) is 28.8 Å². The number of β-amino-alcohol motifs (C(OH)–C–C–N with tert-alkyl or cyclic N) is 1. The first-order valence-corrected chi connectivity index (χ1v) is 28.0. The molecule has 0 spiro atoms. The van der Waals surface area contributed by atoms with Gasteiger partial charge in [0, 0.05) is 44.7 Å². The number of carbonyl (C=O) groups excluding carboxylic acids is 3. The number of aliphatic hydroxyl groups excluding tert-OH is 1. The lowest BCUT2D eigenvalue weighted by Crippen LogP contribution is -2.59. The number of nitrogens with two attached hydrogens (primary N) is 2. The number of nitrogens with one attached hydrogen (secondary N) is 2. The molecular formula is C57H65ClF2N14O5S. The second-order valence-corrected chi connectivity index (χ2v) is 23.5. The van der Waals surface area contributed by atoms with Gasteiger partial charge in [0.05, 0.1) is 76.5 Å². The van der Waals surface area contributed by atoms with Gasteiger partial charge < -0.3 is 46.3 Å². The highest BCUT2D eigenvalue weighted by molar-refractivity contribution is 7.13. The van der Waals surface area contributed by atoms with Gasteiger partial charge in [-0.3, -0.25) is 24.3 Å². The molecule has 3 aliphatic rings. The Balaban J connectivity index is 0.772. The average molecular weight is 1130 g/mol. The van der Waals surface area contributed by atoms with Crippen LogP contribution in [-0.2, 0) is 26.5 Å². The van der Waals surface area contributed by atoms with E-state index in [4.69, 9.17) is 32.8 Å². The van der Waals surface area contributed by atoms with Crippen LogP contribution in [0.2, 0.25) is 5.15 Å². The Morgan fingerprint density at radius 3 is 2.42 bits per heavy atom. The fourth-order valence-corrected chi connectivity index (χ4v) is 12.0. The van der Waals surface area contributed by atoms with E-state index in [1.807, 2.05) is 80.5 Å². The summed E-state index contributed by atoms with van der Waals surface area (Å²) in [6.07, 6.45) is 5.40. The number of aryl methyl sites for hydroxylation is 1. The predicted molar refractivity (Wildman–Crippen MR) is 301 cm³/mol. The van der Waals surface area contributed by atoms with Crippen LogP contribution in [0.4, 0.5) is 20.3 Å². The fraction of sp³-hybridized carbons (Fsp3) is 0.421. The van der Waals surface area contributed by atoms with Gasteiger partial charge in [-0.25, -0.2) is 33.7 Å². The maximum absolute atomic E-state index is 16.1. The molecule has 0 saturated carbocycles. The van der Waals surface area contributed by atoms with Gasteiger partial charge in [0.1, 0.15) is 35.2 Å². The van der Waals surface area contributed by atoms with Crippen LogP contribution >= 0.6 is 22.9 Å². The van der Waals surface area contributed by atoms with E-state index in [1.165, 1.54) is 23.4 Å². The molecule has 3 fully saturated rings. The largest absolute Gasteiger partial charge is 0.484 e. The van der Waals surface area contributed by atoms with Crippen molar-refractivity contribution in [1.82, 2.24) is 54.9 Å². The number of benzene rings is 2. The maximum atomic E-state index is 16.1. The van der Waals surface area contributed by atoms with E-state index in [0.29, 0.717) is 73.1 Å². The molecule has 2 aromatic carbocycles. The van der Waals surface area contributed by atoms with Crippen molar-refractivity contribution in [3.05, 3.63) is 124 Å². The highest BCUT2D eigenvalue weighted by Crippen LogP contribution is 2.37. The van der Waals surface area contributed by atoms with Crippen molar-refractivity contribution in [2.75, 3.05) is 49.9 Å². The van der Waals surface area contributed by atoms with Crippen LogP contribution in [0.3, 0.4) is 0 Å². The molecular weight excluding hydrogens is 1070 g/mol. The number of nitrogen functional groups attached to an aromatic ring is 1. The lowest BCUT2D eigenvalue weighted by atomic mass is 9.85. The number of rotatable bonds is 15. The highest BCUT2D eigenvalue weighted by atomic mass is 35.5.